The summed E-state index contributed by atoms with van der Waals surface area (Å²) in [6, 6.07) is 8.63. The van der Waals surface area contributed by atoms with Crippen molar-refractivity contribution in [3.63, 3.8) is 0 Å². The molecular formula is C14H18N2S. The van der Waals surface area contributed by atoms with Crippen LogP contribution in [0.4, 0.5) is 0 Å². The number of benzene rings is 1. The molecule has 2 rings (SSSR count). The molecule has 1 heterocycles. The van der Waals surface area contributed by atoms with Crippen LogP contribution in [0, 0.1) is 6.92 Å². The molecule has 0 aliphatic carbocycles. The minimum Gasteiger partial charge on any atom is -0.311 e. The average Bonchev–Trinajstić information content (AvgIpc) is 2.74. The summed E-state index contributed by atoms with van der Waals surface area (Å²) in [6.07, 6.45) is 0.943. The highest BCUT2D eigenvalue weighted by Gasteiger charge is 2.03. The zero-order valence-corrected chi connectivity index (χ0v) is 11.2. The fourth-order valence-electron chi connectivity index (χ4n) is 1.76. The molecule has 90 valence electrons. The first-order chi connectivity index (χ1) is 8.28. The SMILES string of the molecule is CCNCc1csc(Cc2cccc(C)c2)n1. The van der Waals surface area contributed by atoms with Crippen molar-refractivity contribution in [1.29, 1.82) is 0 Å². The molecular weight excluding hydrogens is 228 g/mol. The van der Waals surface area contributed by atoms with Crippen molar-refractivity contribution in [2.75, 3.05) is 6.54 Å². The quantitative estimate of drug-likeness (QED) is 0.876. The summed E-state index contributed by atoms with van der Waals surface area (Å²) in [7, 11) is 0. The van der Waals surface area contributed by atoms with Crippen LogP contribution < -0.4 is 5.32 Å². The summed E-state index contributed by atoms with van der Waals surface area (Å²) in [5, 5.41) is 6.64. The first-order valence-electron chi connectivity index (χ1n) is 5.97. The van der Waals surface area contributed by atoms with Crippen LogP contribution in [0.5, 0.6) is 0 Å². The van der Waals surface area contributed by atoms with Gasteiger partial charge >= 0.3 is 0 Å². The molecule has 0 fully saturated rings. The van der Waals surface area contributed by atoms with Crippen molar-refractivity contribution in [3.05, 3.63) is 51.5 Å². The van der Waals surface area contributed by atoms with Crippen molar-refractivity contribution in [3.8, 4) is 0 Å². The van der Waals surface area contributed by atoms with E-state index < -0.39 is 0 Å². The van der Waals surface area contributed by atoms with E-state index in [0.29, 0.717) is 0 Å². The van der Waals surface area contributed by atoms with Gasteiger partial charge in [0.05, 0.1) is 10.7 Å². The van der Waals surface area contributed by atoms with Gasteiger partial charge in [0.1, 0.15) is 0 Å². The van der Waals surface area contributed by atoms with E-state index in [1.54, 1.807) is 11.3 Å². The molecule has 3 heteroatoms. The minimum absolute atomic E-state index is 0.876. The Morgan fingerprint density at radius 1 is 1.35 bits per heavy atom. The Kier molecular flexibility index (Phi) is 4.29. The average molecular weight is 246 g/mol. The van der Waals surface area contributed by atoms with Gasteiger partial charge in [-0.3, -0.25) is 0 Å². The summed E-state index contributed by atoms with van der Waals surface area (Å²) in [5.41, 5.74) is 3.81. The Hall–Kier alpha value is -1.19. The Morgan fingerprint density at radius 3 is 3.00 bits per heavy atom. The summed E-state index contributed by atoms with van der Waals surface area (Å²) in [4.78, 5) is 4.63. The van der Waals surface area contributed by atoms with Gasteiger partial charge in [0, 0.05) is 18.3 Å². The molecule has 1 aromatic heterocycles. The fraction of sp³-hybridized carbons (Fsp3) is 0.357. The van der Waals surface area contributed by atoms with Gasteiger partial charge in [-0.2, -0.15) is 0 Å². The molecule has 0 unspecified atom stereocenters. The standard InChI is InChI=1S/C14H18N2S/c1-3-15-9-13-10-17-14(16-13)8-12-6-4-5-11(2)7-12/h4-7,10,15H,3,8-9H2,1-2H3. The second kappa shape index (κ2) is 5.94. The van der Waals surface area contributed by atoms with E-state index in [1.807, 2.05) is 0 Å². The lowest BCUT2D eigenvalue weighted by Gasteiger charge is -1.99. The van der Waals surface area contributed by atoms with Crippen LogP contribution in [0.2, 0.25) is 0 Å². The molecule has 2 nitrogen and oxygen atoms in total. The molecule has 1 aromatic carbocycles. The number of nitrogens with zero attached hydrogens (tertiary/aromatic N) is 1. The van der Waals surface area contributed by atoms with Gasteiger partial charge in [-0.25, -0.2) is 4.98 Å². The maximum Gasteiger partial charge on any atom is 0.0972 e. The molecule has 0 aliphatic heterocycles. The molecule has 2 aromatic rings. The third-order valence-electron chi connectivity index (χ3n) is 2.59. The van der Waals surface area contributed by atoms with Crippen molar-refractivity contribution >= 4 is 11.3 Å². The second-order valence-electron chi connectivity index (χ2n) is 4.18. The monoisotopic (exact) mass is 246 g/mol. The van der Waals surface area contributed by atoms with Gasteiger partial charge in [-0.15, -0.1) is 11.3 Å². The molecule has 0 aliphatic rings. The summed E-state index contributed by atoms with van der Waals surface area (Å²) in [6.45, 7) is 6.10. The lowest BCUT2D eigenvalue weighted by molar-refractivity contribution is 0.712. The Labute approximate surface area is 107 Å². The smallest absolute Gasteiger partial charge is 0.0972 e. The van der Waals surface area contributed by atoms with E-state index in [9.17, 15) is 0 Å². The molecule has 0 bridgehead atoms. The highest BCUT2D eigenvalue weighted by atomic mass is 32.1. The Balaban J connectivity index is 2.01. The number of hydrogen-bond acceptors (Lipinski definition) is 3. The van der Waals surface area contributed by atoms with E-state index in [1.165, 1.54) is 16.1 Å². The largest absolute Gasteiger partial charge is 0.311 e. The lowest BCUT2D eigenvalue weighted by atomic mass is 10.1. The van der Waals surface area contributed by atoms with Gasteiger partial charge in [-0.1, -0.05) is 36.8 Å². The van der Waals surface area contributed by atoms with Crippen molar-refractivity contribution in [2.45, 2.75) is 26.8 Å². The Morgan fingerprint density at radius 2 is 2.24 bits per heavy atom. The summed E-state index contributed by atoms with van der Waals surface area (Å²) in [5.74, 6) is 0. The van der Waals surface area contributed by atoms with Gasteiger partial charge in [-0.05, 0) is 19.0 Å². The van der Waals surface area contributed by atoms with Gasteiger partial charge in [0.2, 0.25) is 0 Å². The van der Waals surface area contributed by atoms with Crippen LogP contribution >= 0.6 is 11.3 Å². The van der Waals surface area contributed by atoms with Crippen LogP contribution in [-0.4, -0.2) is 11.5 Å². The third-order valence-corrected chi connectivity index (χ3v) is 3.49. The normalized spacial score (nSPS) is 10.7. The maximum atomic E-state index is 4.63. The first kappa shape index (κ1) is 12.3. The maximum absolute atomic E-state index is 4.63. The highest BCUT2D eigenvalue weighted by Crippen LogP contribution is 2.15. The topological polar surface area (TPSA) is 24.9 Å². The fourth-order valence-corrected chi connectivity index (χ4v) is 2.59. The number of nitrogens with one attached hydrogen (secondary N) is 1. The van der Waals surface area contributed by atoms with Gasteiger partial charge < -0.3 is 5.32 Å². The van der Waals surface area contributed by atoms with E-state index in [2.05, 4.69) is 53.8 Å². The Bertz CT molecular complexity index is 477. The molecule has 0 saturated heterocycles. The minimum atomic E-state index is 0.876. The number of aryl methyl sites for hydroxylation is 1. The summed E-state index contributed by atoms with van der Waals surface area (Å²) < 4.78 is 0. The van der Waals surface area contributed by atoms with Gasteiger partial charge in [0.25, 0.3) is 0 Å². The van der Waals surface area contributed by atoms with Crippen molar-refractivity contribution in [1.82, 2.24) is 10.3 Å². The molecule has 0 atom stereocenters. The number of thiazole rings is 1. The van der Waals surface area contributed by atoms with Crippen LogP contribution in [0.15, 0.2) is 29.6 Å². The van der Waals surface area contributed by atoms with Crippen LogP contribution in [0.1, 0.15) is 28.8 Å². The van der Waals surface area contributed by atoms with Crippen molar-refractivity contribution in [2.24, 2.45) is 0 Å². The zero-order chi connectivity index (χ0) is 12.1. The predicted molar refractivity (Wildman–Crippen MR) is 73.5 cm³/mol. The van der Waals surface area contributed by atoms with E-state index in [-0.39, 0.29) is 0 Å². The molecule has 17 heavy (non-hydrogen) atoms. The third kappa shape index (κ3) is 3.65. The number of aromatic nitrogens is 1. The molecule has 0 spiro atoms. The van der Waals surface area contributed by atoms with Gasteiger partial charge in [0.15, 0.2) is 0 Å². The molecule has 1 N–H and O–H groups in total. The van der Waals surface area contributed by atoms with Crippen LogP contribution in [-0.2, 0) is 13.0 Å². The second-order valence-corrected chi connectivity index (χ2v) is 5.12. The molecule has 0 saturated carbocycles. The van der Waals surface area contributed by atoms with Crippen molar-refractivity contribution < 1.29 is 0 Å². The number of hydrogen-bond donors (Lipinski definition) is 1. The molecule has 0 radical (unpaired) electrons. The highest BCUT2D eigenvalue weighted by molar-refractivity contribution is 7.09. The lowest BCUT2D eigenvalue weighted by Crippen LogP contribution is -2.11. The van der Waals surface area contributed by atoms with E-state index >= 15 is 0 Å². The zero-order valence-electron chi connectivity index (χ0n) is 10.4. The summed E-state index contributed by atoms with van der Waals surface area (Å²) >= 11 is 1.75. The van der Waals surface area contributed by atoms with Crippen LogP contribution in [0.3, 0.4) is 0 Å². The van der Waals surface area contributed by atoms with Crippen LogP contribution in [0.25, 0.3) is 0 Å². The molecule has 0 amide bonds. The predicted octanol–water partition coefficient (Wildman–Crippen LogP) is 3.15. The number of rotatable bonds is 5. The van der Waals surface area contributed by atoms with E-state index in [4.69, 9.17) is 0 Å². The van der Waals surface area contributed by atoms with E-state index in [0.717, 1.165) is 25.2 Å². The first-order valence-corrected chi connectivity index (χ1v) is 6.85.